The van der Waals surface area contributed by atoms with Crippen molar-refractivity contribution in [2.24, 2.45) is 5.73 Å². The lowest BCUT2D eigenvalue weighted by Crippen LogP contribution is -2.42. The van der Waals surface area contributed by atoms with Crippen molar-refractivity contribution in [1.82, 2.24) is 4.90 Å². The first-order chi connectivity index (χ1) is 9.09. The van der Waals surface area contributed by atoms with Crippen molar-refractivity contribution in [2.75, 3.05) is 11.6 Å². The first-order valence-electron chi connectivity index (χ1n) is 6.00. The number of carbonyl (C=O) groups is 2. The Hall–Kier alpha value is -1.53. The molecule has 102 valence electrons. The van der Waals surface area contributed by atoms with Gasteiger partial charge in [-0.25, -0.2) is 4.79 Å². The van der Waals surface area contributed by atoms with Gasteiger partial charge >= 0.3 is 5.97 Å². The first-order valence-corrected chi connectivity index (χ1v) is 7.15. The average Bonchev–Trinajstić information content (AvgIpc) is 2.89. The van der Waals surface area contributed by atoms with Crippen LogP contribution in [0.2, 0.25) is 0 Å². The van der Waals surface area contributed by atoms with Crippen molar-refractivity contribution in [2.45, 2.75) is 18.5 Å². The smallest absolute Gasteiger partial charge is 0.327 e. The number of nitrogens with zero attached hydrogens (tertiary/aromatic N) is 1. The molecule has 1 aromatic carbocycles. The van der Waals surface area contributed by atoms with E-state index in [2.05, 4.69) is 0 Å². The summed E-state index contributed by atoms with van der Waals surface area (Å²) < 4.78 is 0. The second kappa shape index (κ2) is 6.08. The fraction of sp³-hybridized carbons (Fsp3) is 0.385. The minimum atomic E-state index is -0.952. The topological polar surface area (TPSA) is 83.6 Å². The van der Waals surface area contributed by atoms with E-state index in [9.17, 15) is 9.59 Å². The molecule has 0 saturated carbocycles. The molecule has 5 nitrogen and oxygen atoms in total. The number of carboxylic acid groups (broad SMARTS) is 1. The van der Waals surface area contributed by atoms with E-state index in [0.717, 1.165) is 5.56 Å². The molecule has 1 aromatic rings. The number of benzene rings is 1. The molecular formula is C13H16N2O3S. The van der Waals surface area contributed by atoms with Crippen LogP contribution in [0.25, 0.3) is 0 Å². The third kappa shape index (κ3) is 3.27. The summed E-state index contributed by atoms with van der Waals surface area (Å²) in [5, 5.41) is 9.05. The van der Waals surface area contributed by atoms with Gasteiger partial charge in [-0.1, -0.05) is 30.3 Å². The van der Waals surface area contributed by atoms with Gasteiger partial charge in [-0.05, 0) is 5.56 Å². The Morgan fingerprint density at radius 2 is 2.11 bits per heavy atom. The van der Waals surface area contributed by atoms with Crippen LogP contribution >= 0.6 is 11.8 Å². The van der Waals surface area contributed by atoms with Crippen molar-refractivity contribution < 1.29 is 14.7 Å². The van der Waals surface area contributed by atoms with Gasteiger partial charge in [0, 0.05) is 18.2 Å². The summed E-state index contributed by atoms with van der Waals surface area (Å²) in [7, 11) is 0. The Morgan fingerprint density at radius 1 is 1.42 bits per heavy atom. The Kier molecular flexibility index (Phi) is 4.44. The molecule has 0 aliphatic carbocycles. The zero-order chi connectivity index (χ0) is 13.8. The standard InChI is InChI=1S/C13H16N2O3S/c14-10(9-4-2-1-3-5-9)6-12(16)15-8-19-7-11(15)13(17)18/h1-5,10-11H,6-8,14H2,(H,17,18)/t10?,11-/m0/s1. The summed E-state index contributed by atoms with van der Waals surface area (Å²) in [5.41, 5.74) is 6.87. The van der Waals surface area contributed by atoms with Crippen LogP contribution in [0.3, 0.4) is 0 Å². The Morgan fingerprint density at radius 3 is 2.74 bits per heavy atom. The van der Waals surface area contributed by atoms with E-state index < -0.39 is 18.1 Å². The van der Waals surface area contributed by atoms with E-state index in [1.54, 1.807) is 0 Å². The Balaban J connectivity index is 1.99. The van der Waals surface area contributed by atoms with Gasteiger partial charge < -0.3 is 15.7 Å². The maximum atomic E-state index is 12.1. The molecule has 0 radical (unpaired) electrons. The van der Waals surface area contributed by atoms with Gasteiger partial charge in [0.25, 0.3) is 0 Å². The predicted molar refractivity (Wildman–Crippen MR) is 73.6 cm³/mol. The van der Waals surface area contributed by atoms with E-state index in [0.29, 0.717) is 11.6 Å². The van der Waals surface area contributed by atoms with Crippen molar-refractivity contribution in [3.8, 4) is 0 Å². The van der Waals surface area contributed by atoms with Crippen molar-refractivity contribution >= 4 is 23.6 Å². The molecule has 1 saturated heterocycles. The highest BCUT2D eigenvalue weighted by Crippen LogP contribution is 2.24. The SMILES string of the molecule is NC(CC(=O)N1CSC[C@H]1C(=O)O)c1ccccc1. The van der Waals surface area contributed by atoms with Gasteiger partial charge in [0.05, 0.1) is 5.88 Å². The third-order valence-electron chi connectivity index (χ3n) is 3.11. The van der Waals surface area contributed by atoms with Crippen molar-refractivity contribution in [3.05, 3.63) is 35.9 Å². The summed E-state index contributed by atoms with van der Waals surface area (Å²) in [4.78, 5) is 24.5. The highest BCUT2D eigenvalue weighted by atomic mass is 32.2. The molecule has 2 atom stereocenters. The fourth-order valence-electron chi connectivity index (χ4n) is 2.02. The van der Waals surface area contributed by atoms with Gasteiger partial charge in [0.2, 0.25) is 5.91 Å². The first kappa shape index (κ1) is 13.9. The fourth-order valence-corrected chi connectivity index (χ4v) is 3.19. The Bertz CT molecular complexity index is 466. The third-order valence-corrected chi connectivity index (χ3v) is 4.12. The number of hydrogen-bond donors (Lipinski definition) is 2. The lowest BCUT2D eigenvalue weighted by atomic mass is 10.0. The molecular weight excluding hydrogens is 264 g/mol. The largest absolute Gasteiger partial charge is 0.480 e. The minimum absolute atomic E-state index is 0.133. The summed E-state index contributed by atoms with van der Waals surface area (Å²) in [6.07, 6.45) is 0.133. The van der Waals surface area contributed by atoms with Crippen LogP contribution in [-0.4, -0.2) is 39.6 Å². The number of hydrogen-bond acceptors (Lipinski definition) is 4. The van der Waals surface area contributed by atoms with Crippen LogP contribution in [0.15, 0.2) is 30.3 Å². The molecule has 0 aromatic heterocycles. The number of nitrogens with two attached hydrogens (primary N) is 1. The maximum absolute atomic E-state index is 12.1. The van der Waals surface area contributed by atoms with Crippen LogP contribution in [0.5, 0.6) is 0 Å². The summed E-state index contributed by atoms with van der Waals surface area (Å²) in [6, 6.07) is 8.23. The van der Waals surface area contributed by atoms with E-state index in [1.165, 1.54) is 16.7 Å². The lowest BCUT2D eigenvalue weighted by Gasteiger charge is -2.22. The maximum Gasteiger partial charge on any atom is 0.327 e. The van der Waals surface area contributed by atoms with Crippen LogP contribution < -0.4 is 5.73 Å². The quantitative estimate of drug-likeness (QED) is 0.861. The van der Waals surface area contributed by atoms with E-state index >= 15 is 0 Å². The molecule has 1 amide bonds. The van der Waals surface area contributed by atoms with Gasteiger partial charge in [-0.15, -0.1) is 11.8 Å². The highest BCUT2D eigenvalue weighted by Gasteiger charge is 2.34. The zero-order valence-corrected chi connectivity index (χ0v) is 11.2. The molecule has 2 rings (SSSR count). The van der Waals surface area contributed by atoms with Crippen LogP contribution in [-0.2, 0) is 9.59 Å². The van der Waals surface area contributed by atoms with Gasteiger partial charge in [-0.2, -0.15) is 0 Å². The van der Waals surface area contributed by atoms with Crippen LogP contribution in [0.4, 0.5) is 0 Å². The number of aliphatic carboxylic acids is 1. The number of carbonyl (C=O) groups excluding carboxylic acids is 1. The van der Waals surface area contributed by atoms with Crippen LogP contribution in [0, 0.1) is 0 Å². The summed E-state index contributed by atoms with van der Waals surface area (Å²) in [6.45, 7) is 0. The molecule has 19 heavy (non-hydrogen) atoms. The molecule has 1 unspecified atom stereocenters. The monoisotopic (exact) mass is 280 g/mol. The van der Waals surface area contributed by atoms with E-state index in [1.807, 2.05) is 30.3 Å². The summed E-state index contributed by atoms with van der Waals surface area (Å²) in [5.74, 6) is -0.278. The molecule has 1 aliphatic rings. The van der Waals surface area contributed by atoms with Gasteiger partial charge in [0.15, 0.2) is 0 Å². The second-order valence-electron chi connectivity index (χ2n) is 4.44. The molecule has 3 N–H and O–H groups in total. The number of amides is 1. The lowest BCUT2D eigenvalue weighted by molar-refractivity contribution is -0.147. The molecule has 0 spiro atoms. The molecule has 6 heteroatoms. The summed E-state index contributed by atoms with van der Waals surface area (Å²) >= 11 is 1.45. The van der Waals surface area contributed by atoms with E-state index in [4.69, 9.17) is 10.8 Å². The molecule has 1 fully saturated rings. The number of rotatable bonds is 4. The normalized spacial score (nSPS) is 20.3. The Labute approximate surface area is 115 Å². The average molecular weight is 280 g/mol. The molecule has 1 aliphatic heterocycles. The molecule has 1 heterocycles. The number of carboxylic acids is 1. The number of thioether (sulfide) groups is 1. The second-order valence-corrected chi connectivity index (χ2v) is 5.44. The van der Waals surface area contributed by atoms with Crippen molar-refractivity contribution in [3.63, 3.8) is 0 Å². The zero-order valence-electron chi connectivity index (χ0n) is 10.4. The minimum Gasteiger partial charge on any atom is -0.480 e. The molecule has 0 bridgehead atoms. The van der Waals surface area contributed by atoms with Crippen molar-refractivity contribution in [1.29, 1.82) is 0 Å². The van der Waals surface area contributed by atoms with Gasteiger partial charge in [0.1, 0.15) is 6.04 Å². The van der Waals surface area contributed by atoms with Gasteiger partial charge in [-0.3, -0.25) is 4.79 Å². The van der Waals surface area contributed by atoms with E-state index in [-0.39, 0.29) is 12.3 Å². The van der Waals surface area contributed by atoms with Crippen LogP contribution in [0.1, 0.15) is 18.0 Å². The highest BCUT2D eigenvalue weighted by molar-refractivity contribution is 7.99. The predicted octanol–water partition coefficient (Wildman–Crippen LogP) is 1.06.